The van der Waals surface area contributed by atoms with Gasteiger partial charge in [-0.25, -0.2) is 0 Å². The van der Waals surface area contributed by atoms with Crippen LogP contribution in [0.4, 0.5) is 0 Å². The van der Waals surface area contributed by atoms with E-state index in [1.165, 1.54) is 32.1 Å². The standard InChI is InChI=1S/C9H17N.H2/c1-2-9(10)8-6-4-3-5-7-8;/h2,8-9H,1,3-7,10H2;1H/t9-;/m1./s1. The summed E-state index contributed by atoms with van der Waals surface area (Å²) < 4.78 is 0. The molecule has 1 aliphatic rings. The van der Waals surface area contributed by atoms with Crippen molar-refractivity contribution in [2.45, 2.75) is 38.1 Å². The zero-order valence-corrected chi connectivity index (χ0v) is 6.55. The van der Waals surface area contributed by atoms with E-state index < -0.39 is 0 Å². The lowest BCUT2D eigenvalue weighted by Gasteiger charge is -2.24. The Morgan fingerprint density at radius 1 is 1.40 bits per heavy atom. The van der Waals surface area contributed by atoms with Crippen molar-refractivity contribution in [2.75, 3.05) is 0 Å². The highest BCUT2D eigenvalue weighted by molar-refractivity contribution is 4.89. The molecule has 60 valence electrons. The quantitative estimate of drug-likeness (QED) is 0.587. The molecule has 0 aliphatic heterocycles. The van der Waals surface area contributed by atoms with Gasteiger partial charge in [-0.3, -0.25) is 0 Å². The molecule has 1 saturated carbocycles. The van der Waals surface area contributed by atoms with Crippen molar-refractivity contribution in [2.24, 2.45) is 11.7 Å². The van der Waals surface area contributed by atoms with Gasteiger partial charge in [0.2, 0.25) is 0 Å². The number of nitrogens with two attached hydrogens (primary N) is 1. The van der Waals surface area contributed by atoms with Gasteiger partial charge in [0.15, 0.2) is 0 Å². The van der Waals surface area contributed by atoms with Crippen LogP contribution in [0.2, 0.25) is 0 Å². The molecule has 0 bridgehead atoms. The normalized spacial score (nSPS) is 24.1. The van der Waals surface area contributed by atoms with Crippen molar-refractivity contribution < 1.29 is 1.43 Å². The molecule has 1 atom stereocenters. The van der Waals surface area contributed by atoms with Gasteiger partial charge in [-0.2, -0.15) is 0 Å². The topological polar surface area (TPSA) is 26.0 Å². The Morgan fingerprint density at radius 2 is 2.00 bits per heavy atom. The fraction of sp³-hybridized carbons (Fsp3) is 0.778. The van der Waals surface area contributed by atoms with Crippen LogP contribution in [-0.2, 0) is 0 Å². The summed E-state index contributed by atoms with van der Waals surface area (Å²) in [4.78, 5) is 0. The molecule has 1 aliphatic carbocycles. The summed E-state index contributed by atoms with van der Waals surface area (Å²) in [5, 5.41) is 0. The molecule has 0 heterocycles. The molecule has 0 saturated heterocycles. The van der Waals surface area contributed by atoms with E-state index >= 15 is 0 Å². The van der Waals surface area contributed by atoms with Crippen molar-refractivity contribution in [3.8, 4) is 0 Å². The smallest absolute Gasteiger partial charge is 0.0249 e. The molecular formula is C9H19N. The molecule has 10 heavy (non-hydrogen) atoms. The fourth-order valence-electron chi connectivity index (χ4n) is 1.71. The third-order valence-corrected chi connectivity index (χ3v) is 2.47. The van der Waals surface area contributed by atoms with Crippen molar-refractivity contribution in [1.82, 2.24) is 0 Å². The second-order valence-corrected chi connectivity index (χ2v) is 3.21. The Hall–Kier alpha value is -0.300. The maximum atomic E-state index is 5.83. The van der Waals surface area contributed by atoms with Gasteiger partial charge < -0.3 is 5.73 Å². The maximum absolute atomic E-state index is 5.83. The maximum Gasteiger partial charge on any atom is 0.0249 e. The Balaban J connectivity index is 0.000001000. The molecule has 1 nitrogen and oxygen atoms in total. The fourth-order valence-corrected chi connectivity index (χ4v) is 1.71. The molecule has 0 spiro atoms. The molecule has 0 aromatic rings. The third-order valence-electron chi connectivity index (χ3n) is 2.47. The van der Waals surface area contributed by atoms with E-state index in [-0.39, 0.29) is 7.47 Å². The third kappa shape index (κ3) is 1.84. The van der Waals surface area contributed by atoms with E-state index in [9.17, 15) is 0 Å². The molecular weight excluding hydrogens is 122 g/mol. The van der Waals surface area contributed by atoms with Crippen LogP contribution in [0.1, 0.15) is 33.5 Å². The van der Waals surface area contributed by atoms with Gasteiger partial charge in [-0.05, 0) is 18.8 Å². The first-order valence-corrected chi connectivity index (χ1v) is 4.22. The first-order chi connectivity index (χ1) is 4.84. The predicted molar refractivity (Wildman–Crippen MR) is 46.9 cm³/mol. The van der Waals surface area contributed by atoms with Crippen LogP contribution < -0.4 is 5.73 Å². The summed E-state index contributed by atoms with van der Waals surface area (Å²) in [5.74, 6) is 0.728. The summed E-state index contributed by atoms with van der Waals surface area (Å²) in [6, 6.07) is 0.250. The zero-order chi connectivity index (χ0) is 7.40. The summed E-state index contributed by atoms with van der Waals surface area (Å²) in [7, 11) is 0. The van der Waals surface area contributed by atoms with Gasteiger partial charge in [-0.15, -0.1) is 6.58 Å². The summed E-state index contributed by atoms with van der Waals surface area (Å²) >= 11 is 0. The van der Waals surface area contributed by atoms with Crippen LogP contribution in [0, 0.1) is 5.92 Å². The minimum absolute atomic E-state index is 0. The van der Waals surface area contributed by atoms with Crippen molar-refractivity contribution in [3.05, 3.63) is 12.7 Å². The average Bonchev–Trinajstić information content (AvgIpc) is 2.05. The lowest BCUT2D eigenvalue weighted by molar-refractivity contribution is 0.332. The molecule has 0 unspecified atom stereocenters. The second-order valence-electron chi connectivity index (χ2n) is 3.21. The first-order valence-electron chi connectivity index (χ1n) is 4.22. The first kappa shape index (κ1) is 7.80. The van der Waals surface area contributed by atoms with E-state index in [2.05, 4.69) is 6.58 Å². The van der Waals surface area contributed by atoms with Crippen LogP contribution in [0.15, 0.2) is 12.7 Å². The van der Waals surface area contributed by atoms with E-state index in [4.69, 9.17) is 5.73 Å². The van der Waals surface area contributed by atoms with E-state index in [1.54, 1.807) is 0 Å². The van der Waals surface area contributed by atoms with Crippen molar-refractivity contribution in [3.63, 3.8) is 0 Å². The minimum Gasteiger partial charge on any atom is -0.324 e. The van der Waals surface area contributed by atoms with Gasteiger partial charge in [0.1, 0.15) is 0 Å². The predicted octanol–water partition coefficient (Wildman–Crippen LogP) is 2.33. The van der Waals surface area contributed by atoms with Crippen LogP contribution >= 0.6 is 0 Å². The second kappa shape index (κ2) is 3.77. The Kier molecular flexibility index (Phi) is 2.94. The van der Waals surface area contributed by atoms with Gasteiger partial charge in [0.25, 0.3) is 0 Å². The largest absolute Gasteiger partial charge is 0.324 e. The van der Waals surface area contributed by atoms with E-state index in [0.717, 1.165) is 5.92 Å². The van der Waals surface area contributed by atoms with Crippen LogP contribution in [0.3, 0.4) is 0 Å². The Morgan fingerprint density at radius 3 is 2.50 bits per heavy atom. The lowest BCUT2D eigenvalue weighted by atomic mass is 9.84. The number of hydrogen-bond acceptors (Lipinski definition) is 1. The van der Waals surface area contributed by atoms with Crippen LogP contribution in [0.25, 0.3) is 0 Å². The van der Waals surface area contributed by atoms with E-state index in [0.29, 0.717) is 0 Å². The van der Waals surface area contributed by atoms with Crippen molar-refractivity contribution in [1.29, 1.82) is 0 Å². The number of rotatable bonds is 2. The minimum atomic E-state index is 0. The average molecular weight is 141 g/mol. The molecule has 0 aromatic carbocycles. The monoisotopic (exact) mass is 141 g/mol. The Labute approximate surface area is 64.8 Å². The molecule has 1 fully saturated rings. The molecule has 2 N–H and O–H groups in total. The molecule has 1 rings (SSSR count). The van der Waals surface area contributed by atoms with Gasteiger partial charge in [0.05, 0.1) is 0 Å². The van der Waals surface area contributed by atoms with Gasteiger partial charge >= 0.3 is 0 Å². The molecule has 0 amide bonds. The summed E-state index contributed by atoms with van der Waals surface area (Å²) in [6.45, 7) is 3.71. The molecule has 1 heteroatoms. The number of hydrogen-bond donors (Lipinski definition) is 1. The zero-order valence-electron chi connectivity index (χ0n) is 6.55. The van der Waals surface area contributed by atoms with Crippen LogP contribution in [0.5, 0.6) is 0 Å². The SMILES string of the molecule is C=C[C@@H](N)C1CCCCC1.[HH]. The van der Waals surface area contributed by atoms with Gasteiger partial charge in [-0.1, -0.05) is 25.3 Å². The highest BCUT2D eigenvalue weighted by atomic mass is 14.6. The highest BCUT2D eigenvalue weighted by Gasteiger charge is 2.17. The van der Waals surface area contributed by atoms with Crippen molar-refractivity contribution >= 4 is 0 Å². The Bertz CT molecular complexity index is 108. The summed E-state index contributed by atoms with van der Waals surface area (Å²) in [6.07, 6.45) is 8.65. The van der Waals surface area contributed by atoms with E-state index in [1.807, 2.05) is 6.08 Å². The molecule has 0 aromatic heterocycles. The summed E-state index contributed by atoms with van der Waals surface area (Å²) in [5.41, 5.74) is 5.83. The van der Waals surface area contributed by atoms with Gasteiger partial charge in [0, 0.05) is 7.47 Å². The highest BCUT2D eigenvalue weighted by Crippen LogP contribution is 2.25. The molecule has 0 radical (unpaired) electrons. The van der Waals surface area contributed by atoms with Crippen LogP contribution in [-0.4, -0.2) is 6.04 Å². The lowest BCUT2D eigenvalue weighted by Crippen LogP contribution is -2.29.